The zero-order chi connectivity index (χ0) is 22.9. The normalized spacial score (nSPS) is 12.3. The van der Waals surface area contributed by atoms with E-state index in [9.17, 15) is 9.50 Å². The molecular formula is C26H34FN3O2. The van der Waals surface area contributed by atoms with Gasteiger partial charge in [-0.15, -0.1) is 0 Å². The molecule has 0 saturated heterocycles. The number of hydrogen-bond donors (Lipinski definition) is 1. The molecule has 1 N–H and O–H groups in total. The standard InChI is InChI=1S/C26H34FN3O2/c1-4-6-12-22(31)18-30(17-5-2)19-24-25(20-10-8-7-9-11-20)28-29(3)26(24)32-23-15-13-21(27)14-16-23/h7-11,13-16,22,31H,4-6,12,17-19H2,1-3H3/t22-/m0/s1. The molecule has 0 bridgehead atoms. The van der Waals surface area contributed by atoms with Crippen LogP contribution in [0.2, 0.25) is 0 Å². The predicted molar refractivity (Wildman–Crippen MR) is 126 cm³/mol. The fourth-order valence-electron chi connectivity index (χ4n) is 3.87. The molecule has 0 unspecified atom stereocenters. The molecule has 0 saturated carbocycles. The summed E-state index contributed by atoms with van der Waals surface area (Å²) in [5, 5.41) is 15.3. The highest BCUT2D eigenvalue weighted by atomic mass is 19.1. The summed E-state index contributed by atoms with van der Waals surface area (Å²) < 4.78 is 21.3. The summed E-state index contributed by atoms with van der Waals surface area (Å²) >= 11 is 0. The van der Waals surface area contributed by atoms with Gasteiger partial charge in [-0.1, -0.05) is 57.0 Å². The summed E-state index contributed by atoms with van der Waals surface area (Å²) in [5.74, 6) is 0.877. The molecule has 1 heterocycles. The largest absolute Gasteiger partial charge is 0.439 e. The Bertz CT molecular complexity index is 957. The number of benzene rings is 2. The Morgan fingerprint density at radius 3 is 2.44 bits per heavy atom. The number of aryl methyl sites for hydroxylation is 1. The van der Waals surface area contributed by atoms with Gasteiger partial charge in [-0.2, -0.15) is 5.10 Å². The maximum Gasteiger partial charge on any atom is 0.222 e. The van der Waals surface area contributed by atoms with Crippen LogP contribution >= 0.6 is 0 Å². The summed E-state index contributed by atoms with van der Waals surface area (Å²) in [6.07, 6.45) is 3.51. The third-order valence-electron chi connectivity index (χ3n) is 5.44. The first kappa shape index (κ1) is 24.0. The number of rotatable bonds is 12. The highest BCUT2D eigenvalue weighted by Crippen LogP contribution is 2.34. The first-order chi connectivity index (χ1) is 15.5. The Balaban J connectivity index is 1.95. The van der Waals surface area contributed by atoms with Gasteiger partial charge in [-0.05, 0) is 43.7 Å². The minimum atomic E-state index is -0.361. The first-order valence-corrected chi connectivity index (χ1v) is 11.5. The lowest BCUT2D eigenvalue weighted by Crippen LogP contribution is -2.33. The molecule has 0 radical (unpaired) electrons. The summed E-state index contributed by atoms with van der Waals surface area (Å²) in [6, 6.07) is 16.0. The zero-order valence-corrected chi connectivity index (χ0v) is 19.3. The highest BCUT2D eigenvalue weighted by Gasteiger charge is 2.23. The van der Waals surface area contributed by atoms with E-state index in [0.29, 0.717) is 24.7 Å². The average Bonchev–Trinajstić information content (AvgIpc) is 3.09. The van der Waals surface area contributed by atoms with E-state index in [-0.39, 0.29) is 11.9 Å². The Labute approximate surface area is 190 Å². The number of aliphatic hydroxyl groups is 1. The fourth-order valence-corrected chi connectivity index (χ4v) is 3.87. The molecule has 0 spiro atoms. The Morgan fingerprint density at radius 1 is 1.06 bits per heavy atom. The maximum atomic E-state index is 13.4. The van der Waals surface area contributed by atoms with Crippen molar-refractivity contribution < 1.29 is 14.2 Å². The number of nitrogens with zero attached hydrogens (tertiary/aromatic N) is 3. The molecular weight excluding hydrogens is 405 g/mol. The van der Waals surface area contributed by atoms with E-state index in [0.717, 1.165) is 49.0 Å². The van der Waals surface area contributed by atoms with Crippen molar-refractivity contribution in [3.63, 3.8) is 0 Å². The predicted octanol–water partition coefficient (Wildman–Crippen LogP) is 5.78. The van der Waals surface area contributed by atoms with Crippen LogP contribution in [-0.2, 0) is 13.6 Å². The van der Waals surface area contributed by atoms with Crippen molar-refractivity contribution in [2.75, 3.05) is 13.1 Å². The lowest BCUT2D eigenvalue weighted by atomic mass is 10.1. The van der Waals surface area contributed by atoms with Crippen molar-refractivity contribution >= 4 is 0 Å². The van der Waals surface area contributed by atoms with Crippen molar-refractivity contribution in [1.29, 1.82) is 0 Å². The second kappa shape index (κ2) is 11.8. The fraction of sp³-hybridized carbons (Fsp3) is 0.423. The minimum Gasteiger partial charge on any atom is -0.439 e. The third-order valence-corrected chi connectivity index (χ3v) is 5.44. The monoisotopic (exact) mass is 439 g/mol. The van der Waals surface area contributed by atoms with Crippen LogP contribution in [0.25, 0.3) is 11.3 Å². The van der Waals surface area contributed by atoms with Gasteiger partial charge in [0, 0.05) is 25.7 Å². The van der Waals surface area contributed by atoms with Gasteiger partial charge in [0.15, 0.2) is 0 Å². The van der Waals surface area contributed by atoms with Crippen LogP contribution in [0.5, 0.6) is 11.6 Å². The summed E-state index contributed by atoms with van der Waals surface area (Å²) in [4.78, 5) is 2.27. The van der Waals surface area contributed by atoms with Gasteiger partial charge in [0.1, 0.15) is 17.3 Å². The van der Waals surface area contributed by atoms with Gasteiger partial charge in [0.05, 0.1) is 11.7 Å². The van der Waals surface area contributed by atoms with E-state index in [4.69, 9.17) is 9.84 Å². The smallest absolute Gasteiger partial charge is 0.222 e. The molecule has 172 valence electrons. The SMILES string of the molecule is CCCC[C@H](O)CN(CCC)Cc1c(-c2ccccc2)nn(C)c1Oc1ccc(F)cc1. The van der Waals surface area contributed by atoms with Crippen molar-refractivity contribution in [3.8, 4) is 22.9 Å². The number of ether oxygens (including phenoxy) is 1. The summed E-state index contributed by atoms with van der Waals surface area (Å²) in [7, 11) is 1.86. The number of halogens is 1. The van der Waals surface area contributed by atoms with Crippen LogP contribution in [0, 0.1) is 5.82 Å². The van der Waals surface area contributed by atoms with Gasteiger partial charge < -0.3 is 9.84 Å². The molecule has 32 heavy (non-hydrogen) atoms. The van der Waals surface area contributed by atoms with Gasteiger partial charge in [0.25, 0.3) is 0 Å². The Hall–Kier alpha value is -2.70. The van der Waals surface area contributed by atoms with Gasteiger partial charge in [-0.3, -0.25) is 4.90 Å². The maximum absolute atomic E-state index is 13.4. The lowest BCUT2D eigenvalue weighted by molar-refractivity contribution is 0.0992. The number of unbranched alkanes of at least 4 members (excludes halogenated alkanes) is 1. The van der Waals surface area contributed by atoms with E-state index in [1.165, 1.54) is 12.1 Å². The van der Waals surface area contributed by atoms with Crippen LogP contribution < -0.4 is 4.74 Å². The second-order valence-corrected chi connectivity index (χ2v) is 8.21. The van der Waals surface area contributed by atoms with E-state index in [1.54, 1.807) is 16.8 Å². The lowest BCUT2D eigenvalue weighted by Gasteiger charge is -2.25. The summed E-state index contributed by atoms with van der Waals surface area (Å²) in [5.41, 5.74) is 2.82. The van der Waals surface area contributed by atoms with Crippen LogP contribution in [0.1, 0.15) is 45.1 Å². The number of hydrogen-bond acceptors (Lipinski definition) is 4. The molecule has 5 nitrogen and oxygen atoms in total. The second-order valence-electron chi connectivity index (χ2n) is 8.21. The Kier molecular flexibility index (Phi) is 8.82. The zero-order valence-electron chi connectivity index (χ0n) is 19.3. The van der Waals surface area contributed by atoms with E-state index < -0.39 is 0 Å². The van der Waals surface area contributed by atoms with Gasteiger partial charge in [0.2, 0.25) is 5.88 Å². The van der Waals surface area contributed by atoms with Crippen LogP contribution in [0.15, 0.2) is 54.6 Å². The van der Waals surface area contributed by atoms with Crippen molar-refractivity contribution in [3.05, 3.63) is 66.0 Å². The molecule has 0 aliphatic carbocycles. The summed E-state index contributed by atoms with van der Waals surface area (Å²) in [6.45, 7) is 6.35. The molecule has 0 aliphatic rings. The molecule has 0 aliphatic heterocycles. The van der Waals surface area contributed by atoms with Gasteiger partial charge in [-0.25, -0.2) is 9.07 Å². The molecule has 3 aromatic rings. The average molecular weight is 440 g/mol. The topological polar surface area (TPSA) is 50.5 Å². The third kappa shape index (κ3) is 6.40. The van der Waals surface area contributed by atoms with Crippen molar-refractivity contribution in [2.45, 2.75) is 52.2 Å². The van der Waals surface area contributed by atoms with Crippen molar-refractivity contribution in [2.24, 2.45) is 7.05 Å². The van der Waals surface area contributed by atoms with E-state index in [1.807, 2.05) is 37.4 Å². The Morgan fingerprint density at radius 2 is 1.78 bits per heavy atom. The van der Waals surface area contributed by atoms with Crippen LogP contribution in [0.3, 0.4) is 0 Å². The number of aliphatic hydroxyl groups excluding tert-OH is 1. The quantitative estimate of drug-likeness (QED) is 0.389. The molecule has 6 heteroatoms. The molecule has 1 aromatic heterocycles. The van der Waals surface area contributed by atoms with Gasteiger partial charge >= 0.3 is 0 Å². The van der Waals surface area contributed by atoms with Crippen molar-refractivity contribution in [1.82, 2.24) is 14.7 Å². The minimum absolute atomic E-state index is 0.303. The molecule has 1 atom stereocenters. The highest BCUT2D eigenvalue weighted by molar-refractivity contribution is 5.65. The first-order valence-electron chi connectivity index (χ1n) is 11.5. The molecule has 0 fully saturated rings. The van der Waals surface area contributed by atoms with Crippen LogP contribution in [-0.4, -0.2) is 39.0 Å². The van der Waals surface area contributed by atoms with E-state index >= 15 is 0 Å². The molecule has 0 amide bonds. The van der Waals surface area contributed by atoms with Crippen LogP contribution in [0.4, 0.5) is 4.39 Å². The molecule has 2 aromatic carbocycles. The number of aromatic nitrogens is 2. The molecule has 3 rings (SSSR count). The van der Waals surface area contributed by atoms with E-state index in [2.05, 4.69) is 18.7 Å².